The average molecular weight is 406 g/mol. The summed E-state index contributed by atoms with van der Waals surface area (Å²) in [6, 6.07) is 23.3. The predicted octanol–water partition coefficient (Wildman–Crippen LogP) is 5.44. The third-order valence-electron chi connectivity index (χ3n) is 5.41. The van der Waals surface area contributed by atoms with E-state index in [-0.39, 0.29) is 11.9 Å². The molecular formula is C24H20ClNO3. The summed E-state index contributed by atoms with van der Waals surface area (Å²) >= 11 is 6.35. The molecule has 1 heterocycles. The molecule has 3 aromatic carbocycles. The maximum Gasteiger partial charge on any atom is 0.326 e. The lowest BCUT2D eigenvalue weighted by Crippen LogP contribution is -2.41. The van der Waals surface area contributed by atoms with Crippen molar-refractivity contribution in [3.63, 3.8) is 0 Å². The third-order valence-corrected chi connectivity index (χ3v) is 5.75. The van der Waals surface area contributed by atoms with Crippen molar-refractivity contribution in [1.29, 1.82) is 0 Å². The van der Waals surface area contributed by atoms with E-state index in [4.69, 9.17) is 11.6 Å². The van der Waals surface area contributed by atoms with Gasteiger partial charge in [0.2, 0.25) is 0 Å². The lowest BCUT2D eigenvalue weighted by molar-refractivity contribution is -0.141. The van der Waals surface area contributed by atoms with E-state index in [9.17, 15) is 14.7 Å². The number of amides is 1. The Bertz CT molecular complexity index is 1030. The molecule has 0 radical (unpaired) electrons. The molecule has 1 N–H and O–H groups in total. The molecule has 0 aromatic heterocycles. The molecule has 146 valence electrons. The van der Waals surface area contributed by atoms with Gasteiger partial charge >= 0.3 is 5.97 Å². The molecule has 3 aromatic rings. The fourth-order valence-electron chi connectivity index (χ4n) is 3.97. The van der Waals surface area contributed by atoms with Gasteiger partial charge in [-0.25, -0.2) is 4.79 Å². The van der Waals surface area contributed by atoms with Crippen molar-refractivity contribution in [2.75, 3.05) is 0 Å². The first-order chi connectivity index (χ1) is 14.1. The number of likely N-dealkylation sites (tertiary alicyclic amines) is 1. The van der Waals surface area contributed by atoms with Crippen molar-refractivity contribution in [2.45, 2.75) is 24.9 Å². The maximum atomic E-state index is 13.3. The molecule has 1 unspecified atom stereocenters. The van der Waals surface area contributed by atoms with Crippen LogP contribution in [-0.2, 0) is 4.79 Å². The predicted molar refractivity (Wildman–Crippen MR) is 113 cm³/mol. The smallest absolute Gasteiger partial charge is 0.326 e. The number of hydrogen-bond donors (Lipinski definition) is 1. The van der Waals surface area contributed by atoms with Crippen LogP contribution in [0, 0.1) is 0 Å². The van der Waals surface area contributed by atoms with Crippen molar-refractivity contribution < 1.29 is 14.7 Å². The highest BCUT2D eigenvalue weighted by Gasteiger charge is 2.42. The summed E-state index contributed by atoms with van der Waals surface area (Å²) in [7, 11) is 0. The van der Waals surface area contributed by atoms with Crippen LogP contribution in [0.5, 0.6) is 0 Å². The Morgan fingerprint density at radius 2 is 1.45 bits per heavy atom. The molecule has 4 nitrogen and oxygen atoms in total. The number of rotatable bonds is 4. The average Bonchev–Trinajstić information content (AvgIpc) is 3.19. The van der Waals surface area contributed by atoms with Crippen LogP contribution in [0.1, 0.15) is 34.8 Å². The number of hydrogen-bond acceptors (Lipinski definition) is 2. The number of carbonyl (C=O) groups excluding carboxylic acids is 1. The molecule has 1 aliphatic rings. The van der Waals surface area contributed by atoms with Crippen LogP contribution >= 0.6 is 11.6 Å². The van der Waals surface area contributed by atoms with Gasteiger partial charge in [0.1, 0.15) is 6.04 Å². The zero-order valence-electron chi connectivity index (χ0n) is 15.7. The first-order valence-corrected chi connectivity index (χ1v) is 9.89. The van der Waals surface area contributed by atoms with Gasteiger partial charge in [-0.05, 0) is 47.7 Å². The summed E-state index contributed by atoms with van der Waals surface area (Å²) in [6.45, 7) is 0. The summed E-state index contributed by atoms with van der Waals surface area (Å²) in [5.41, 5.74) is 3.31. The SMILES string of the molecule is O=C(O)[C@@H]1CCC(c2ccccc2Cl)N1C(=O)c1ccc(-c2ccccc2)cc1. The van der Waals surface area contributed by atoms with Gasteiger partial charge in [0.05, 0.1) is 6.04 Å². The highest BCUT2D eigenvalue weighted by atomic mass is 35.5. The zero-order valence-corrected chi connectivity index (χ0v) is 16.4. The molecule has 1 amide bonds. The van der Waals surface area contributed by atoms with Gasteiger partial charge in [0, 0.05) is 10.6 Å². The standard InChI is InChI=1S/C24H20ClNO3/c25-20-9-5-4-8-19(20)21-14-15-22(24(28)29)26(21)23(27)18-12-10-17(11-13-18)16-6-2-1-3-7-16/h1-13,21-22H,14-15H2,(H,28,29)/t21?,22-/m0/s1. The number of carboxylic acids is 1. The molecule has 1 aliphatic heterocycles. The van der Waals surface area contributed by atoms with E-state index in [1.807, 2.05) is 60.7 Å². The van der Waals surface area contributed by atoms with Gasteiger partial charge in [-0.15, -0.1) is 0 Å². The maximum absolute atomic E-state index is 13.3. The fraction of sp³-hybridized carbons (Fsp3) is 0.167. The van der Waals surface area contributed by atoms with Gasteiger partial charge in [-0.3, -0.25) is 4.79 Å². The first kappa shape index (κ1) is 19.2. The first-order valence-electron chi connectivity index (χ1n) is 9.51. The number of nitrogens with zero attached hydrogens (tertiary/aromatic N) is 1. The second-order valence-corrected chi connectivity index (χ2v) is 7.53. The van der Waals surface area contributed by atoms with Crippen LogP contribution in [0.25, 0.3) is 11.1 Å². The number of halogens is 1. The van der Waals surface area contributed by atoms with Crippen molar-refractivity contribution in [3.8, 4) is 11.1 Å². The summed E-state index contributed by atoms with van der Waals surface area (Å²) in [5, 5.41) is 10.2. The number of benzene rings is 3. The Morgan fingerprint density at radius 1 is 0.828 bits per heavy atom. The van der Waals surface area contributed by atoms with Crippen molar-refractivity contribution in [3.05, 3.63) is 95.0 Å². The zero-order chi connectivity index (χ0) is 20.4. The van der Waals surface area contributed by atoms with E-state index in [1.165, 1.54) is 4.90 Å². The van der Waals surface area contributed by atoms with E-state index >= 15 is 0 Å². The summed E-state index contributed by atoms with van der Waals surface area (Å²) in [5.74, 6) is -1.28. The molecule has 1 fully saturated rings. The monoisotopic (exact) mass is 405 g/mol. The van der Waals surface area contributed by atoms with Gasteiger partial charge in [-0.1, -0.05) is 72.3 Å². The number of aliphatic carboxylic acids is 1. The lowest BCUT2D eigenvalue weighted by Gasteiger charge is -2.29. The molecule has 29 heavy (non-hydrogen) atoms. The number of carboxylic acid groups (broad SMARTS) is 1. The van der Waals surface area contributed by atoms with Crippen LogP contribution in [0.4, 0.5) is 0 Å². The van der Waals surface area contributed by atoms with Crippen molar-refractivity contribution in [2.24, 2.45) is 0 Å². The lowest BCUT2D eigenvalue weighted by atomic mass is 10.0. The van der Waals surface area contributed by atoms with E-state index in [2.05, 4.69) is 0 Å². The Balaban J connectivity index is 1.67. The van der Waals surface area contributed by atoms with E-state index in [0.717, 1.165) is 16.7 Å². The Morgan fingerprint density at radius 3 is 2.10 bits per heavy atom. The Hall–Kier alpha value is -3.11. The Kier molecular flexibility index (Phi) is 5.36. The molecule has 0 spiro atoms. The van der Waals surface area contributed by atoms with Crippen LogP contribution in [0.2, 0.25) is 5.02 Å². The van der Waals surface area contributed by atoms with Gasteiger partial charge in [-0.2, -0.15) is 0 Å². The molecule has 5 heteroatoms. The molecule has 2 atom stereocenters. The van der Waals surface area contributed by atoms with Gasteiger partial charge < -0.3 is 10.0 Å². The fourth-order valence-corrected chi connectivity index (χ4v) is 4.23. The summed E-state index contributed by atoms with van der Waals surface area (Å²) in [4.78, 5) is 26.6. The van der Waals surface area contributed by atoms with Crippen LogP contribution in [-0.4, -0.2) is 27.9 Å². The topological polar surface area (TPSA) is 57.6 Å². The third kappa shape index (κ3) is 3.76. The van der Waals surface area contributed by atoms with Gasteiger partial charge in [0.25, 0.3) is 5.91 Å². The van der Waals surface area contributed by atoms with Crippen molar-refractivity contribution in [1.82, 2.24) is 4.90 Å². The Labute approximate surface area is 174 Å². The second-order valence-electron chi connectivity index (χ2n) is 7.12. The second kappa shape index (κ2) is 8.10. The highest BCUT2D eigenvalue weighted by molar-refractivity contribution is 6.31. The minimum absolute atomic E-state index is 0.292. The normalized spacial score (nSPS) is 18.6. The van der Waals surface area contributed by atoms with Gasteiger partial charge in [0.15, 0.2) is 0 Å². The van der Waals surface area contributed by atoms with Crippen molar-refractivity contribution >= 4 is 23.5 Å². The number of carbonyl (C=O) groups is 2. The molecule has 4 rings (SSSR count). The quantitative estimate of drug-likeness (QED) is 0.629. The van der Waals surface area contributed by atoms with Crippen LogP contribution in [0.3, 0.4) is 0 Å². The largest absolute Gasteiger partial charge is 0.480 e. The molecular weight excluding hydrogens is 386 g/mol. The summed E-state index contributed by atoms with van der Waals surface area (Å²) < 4.78 is 0. The molecule has 0 bridgehead atoms. The van der Waals surface area contributed by atoms with Crippen LogP contribution in [0.15, 0.2) is 78.9 Å². The van der Waals surface area contributed by atoms with E-state index in [0.29, 0.717) is 23.4 Å². The molecule has 0 aliphatic carbocycles. The summed E-state index contributed by atoms with van der Waals surface area (Å²) in [6.07, 6.45) is 0.966. The molecule has 1 saturated heterocycles. The molecule has 0 saturated carbocycles. The van der Waals surface area contributed by atoms with E-state index in [1.54, 1.807) is 18.2 Å². The minimum Gasteiger partial charge on any atom is -0.480 e. The van der Waals surface area contributed by atoms with Crippen LogP contribution < -0.4 is 0 Å². The van der Waals surface area contributed by atoms with E-state index < -0.39 is 12.0 Å². The highest BCUT2D eigenvalue weighted by Crippen LogP contribution is 2.40. The minimum atomic E-state index is -0.992.